The van der Waals surface area contributed by atoms with Gasteiger partial charge in [0.2, 0.25) is 6.67 Å². The van der Waals surface area contributed by atoms with Crippen LogP contribution in [0.4, 0.5) is 11.4 Å². The topological polar surface area (TPSA) is 15.7 Å². The molecule has 0 atom stereocenters. The van der Waals surface area contributed by atoms with E-state index < -0.39 is 13.5 Å². The Labute approximate surface area is 275 Å². The molecule has 3 nitrogen and oxygen atoms in total. The molecule has 1 fully saturated rings. The van der Waals surface area contributed by atoms with E-state index in [9.17, 15) is 0 Å². The van der Waals surface area contributed by atoms with Crippen molar-refractivity contribution in [2.24, 2.45) is 0 Å². The molecule has 0 aromatic heterocycles. The van der Waals surface area contributed by atoms with Crippen LogP contribution in [0.25, 0.3) is 0 Å². The molecule has 4 rings (SSSR count). The number of hydrogen-bond acceptors (Lipinski definition) is 3. The van der Waals surface area contributed by atoms with Crippen LogP contribution >= 0.6 is 19.4 Å². The van der Waals surface area contributed by atoms with Crippen LogP contribution in [0, 0.1) is 6.67 Å². The van der Waals surface area contributed by atoms with Crippen LogP contribution in [0.1, 0.15) is 121 Å². The maximum atomic E-state index is 5.82. The summed E-state index contributed by atoms with van der Waals surface area (Å²) in [6.07, 6.45) is 0.163. The zero-order chi connectivity index (χ0) is 31.8. The number of nitrogens with zero attached hydrogens (tertiary/aromatic N) is 2. The SMILES string of the molecule is CC(C)Oc1ccccc1[CH]=[Ru]([Cl])[Cl].CC(C)c1cccc(C(C)C)c1N1[C]N(c2c(C(C)C)cccc2C(C)C)CC1. The molecule has 1 aliphatic rings. The molecule has 0 aliphatic carbocycles. The predicted molar refractivity (Wildman–Crippen MR) is 186 cm³/mol. The van der Waals surface area contributed by atoms with Gasteiger partial charge in [-0.1, -0.05) is 91.8 Å². The molecule has 1 heterocycles. The average molecular weight is 711 g/mol. The van der Waals surface area contributed by atoms with Gasteiger partial charge >= 0.3 is 97.8 Å². The fourth-order valence-electron chi connectivity index (χ4n) is 5.43. The summed E-state index contributed by atoms with van der Waals surface area (Å²) in [5.41, 5.74) is 9.42. The van der Waals surface area contributed by atoms with Crippen LogP contribution in [0.5, 0.6) is 5.75 Å². The van der Waals surface area contributed by atoms with E-state index in [1.165, 1.54) is 33.6 Å². The van der Waals surface area contributed by atoms with E-state index in [2.05, 4.69) is 108 Å². The van der Waals surface area contributed by atoms with Gasteiger partial charge in [-0.25, -0.2) is 0 Å². The summed E-state index contributed by atoms with van der Waals surface area (Å²) < 4.78 is 7.51. The van der Waals surface area contributed by atoms with E-state index in [1.54, 1.807) is 0 Å². The molecule has 0 N–H and O–H groups in total. The first-order chi connectivity index (χ1) is 20.3. The van der Waals surface area contributed by atoms with Crippen molar-refractivity contribution in [3.05, 3.63) is 95.1 Å². The second kappa shape index (κ2) is 16.4. The number of rotatable bonds is 9. The molecule has 0 amide bonds. The van der Waals surface area contributed by atoms with E-state index in [0.29, 0.717) is 23.7 Å². The minimum Gasteiger partial charge on any atom is -0.339 e. The monoisotopic (exact) mass is 710 g/mol. The van der Waals surface area contributed by atoms with Gasteiger partial charge in [-0.05, 0) is 45.9 Å². The van der Waals surface area contributed by atoms with E-state index in [0.717, 1.165) is 24.4 Å². The van der Waals surface area contributed by atoms with Gasteiger partial charge in [0, 0.05) is 24.5 Å². The summed E-state index contributed by atoms with van der Waals surface area (Å²) in [7, 11) is 11.6. The fourth-order valence-corrected chi connectivity index (χ4v) is 7.23. The first-order valence-electron chi connectivity index (χ1n) is 15.5. The van der Waals surface area contributed by atoms with Crippen molar-refractivity contribution in [3.8, 4) is 5.75 Å². The van der Waals surface area contributed by atoms with Crippen molar-refractivity contribution in [2.75, 3.05) is 22.9 Å². The summed E-state index contributed by atoms with van der Waals surface area (Å²) in [6.45, 7) is 28.1. The summed E-state index contributed by atoms with van der Waals surface area (Å²) in [5.74, 6) is 2.83. The van der Waals surface area contributed by atoms with Crippen molar-refractivity contribution in [1.29, 1.82) is 0 Å². The minimum absolute atomic E-state index is 0.163. The number of hydrogen-bond donors (Lipinski definition) is 0. The zero-order valence-corrected chi connectivity index (χ0v) is 30.8. The summed E-state index contributed by atoms with van der Waals surface area (Å²) in [6, 6.07) is 21.4. The molecule has 1 aliphatic heterocycles. The maximum absolute atomic E-state index is 5.82. The van der Waals surface area contributed by atoms with Gasteiger partial charge in [0.25, 0.3) is 0 Å². The molecule has 0 unspecified atom stereocenters. The zero-order valence-electron chi connectivity index (χ0n) is 27.6. The first-order valence-corrected chi connectivity index (χ1v) is 21.0. The van der Waals surface area contributed by atoms with Crippen LogP contribution in [0.3, 0.4) is 0 Å². The van der Waals surface area contributed by atoms with Crippen molar-refractivity contribution < 1.29 is 18.3 Å². The molecule has 2 radical (unpaired) electrons. The smallest absolute Gasteiger partial charge is 0.208 e. The van der Waals surface area contributed by atoms with E-state index in [4.69, 9.17) is 24.1 Å². The molecule has 6 heteroatoms. The largest absolute Gasteiger partial charge is 0.339 e. The Bertz CT molecular complexity index is 1240. The van der Waals surface area contributed by atoms with Gasteiger partial charge in [-0.15, -0.1) is 0 Å². The minimum atomic E-state index is -1.77. The Hall–Kier alpha value is -1.87. The van der Waals surface area contributed by atoms with Gasteiger partial charge in [0.15, 0.2) is 0 Å². The van der Waals surface area contributed by atoms with Crippen molar-refractivity contribution >= 4 is 35.4 Å². The molecule has 0 saturated carbocycles. The summed E-state index contributed by atoms with van der Waals surface area (Å²) >= 11 is -1.77. The Morgan fingerprint density at radius 3 is 1.37 bits per heavy atom. The van der Waals surface area contributed by atoms with Gasteiger partial charge in [0.05, 0.1) is 0 Å². The number of ether oxygens (including phenoxy) is 1. The Balaban J connectivity index is 0.000000303. The van der Waals surface area contributed by atoms with Gasteiger partial charge in [-0.2, -0.15) is 0 Å². The van der Waals surface area contributed by atoms with E-state index in [-0.39, 0.29) is 6.10 Å². The standard InChI is InChI=1S/C27H38N2.C10H12O.2ClH.Ru/c1-18(2)22-11-9-12-23(19(3)4)26(22)28-15-16-29(17-28)27-24(20(5)6)13-10-14-25(27)21(7)8;1-8(2)11-10-7-5-4-6-9(10)3;;;/h9-14,18-21H,15-16H2,1-8H3;3-8H,1-2H3;2*1H;/q;;;;+2/p-2. The van der Waals surface area contributed by atoms with E-state index in [1.807, 2.05) is 42.7 Å². The number of halogens is 2. The molecule has 43 heavy (non-hydrogen) atoms. The molecule has 1 saturated heterocycles. The predicted octanol–water partition coefficient (Wildman–Crippen LogP) is 11.1. The third-order valence-electron chi connectivity index (χ3n) is 7.48. The van der Waals surface area contributed by atoms with Crippen molar-refractivity contribution in [2.45, 2.75) is 99.0 Å². The van der Waals surface area contributed by atoms with E-state index >= 15 is 0 Å². The van der Waals surface area contributed by atoms with Crippen LogP contribution < -0.4 is 14.5 Å². The second-order valence-corrected chi connectivity index (χ2v) is 18.3. The number of para-hydroxylation sites is 3. The number of anilines is 2. The molecule has 3 aromatic rings. The third-order valence-corrected chi connectivity index (χ3v) is 9.31. The second-order valence-electron chi connectivity index (χ2n) is 12.6. The quantitative estimate of drug-likeness (QED) is 0.206. The molecule has 3 aromatic carbocycles. The first kappa shape index (κ1) is 35.6. The Morgan fingerprint density at radius 1 is 0.628 bits per heavy atom. The summed E-state index contributed by atoms with van der Waals surface area (Å²) in [4.78, 5) is 4.76. The molecular weight excluding hydrogens is 660 g/mol. The normalized spacial score (nSPS) is 13.7. The molecule has 236 valence electrons. The van der Waals surface area contributed by atoms with Gasteiger partial charge in [0.1, 0.15) is 0 Å². The molecular formula is C37H50Cl2N2ORu. The van der Waals surface area contributed by atoms with Crippen LogP contribution in [0.2, 0.25) is 0 Å². The maximum Gasteiger partial charge on any atom is 0.208 e. The Morgan fingerprint density at radius 2 is 1.02 bits per heavy atom. The summed E-state index contributed by atoms with van der Waals surface area (Å²) in [5, 5.41) is 0. The van der Waals surface area contributed by atoms with Crippen LogP contribution in [-0.4, -0.2) is 23.8 Å². The fraction of sp³-hybridized carbons (Fsp3) is 0.459. The average Bonchev–Trinajstić information content (AvgIpc) is 3.42. The Kier molecular flexibility index (Phi) is 13.6. The number of benzene rings is 3. The van der Waals surface area contributed by atoms with Gasteiger partial charge < -0.3 is 9.80 Å². The third kappa shape index (κ3) is 9.56. The van der Waals surface area contributed by atoms with Crippen LogP contribution in [0.15, 0.2) is 60.7 Å². The molecule has 0 spiro atoms. The van der Waals surface area contributed by atoms with Gasteiger partial charge in [-0.3, -0.25) is 0 Å². The molecule has 0 bridgehead atoms. The van der Waals surface area contributed by atoms with Crippen LogP contribution in [-0.2, 0) is 13.5 Å². The van der Waals surface area contributed by atoms with Crippen molar-refractivity contribution in [1.82, 2.24) is 0 Å². The van der Waals surface area contributed by atoms with Crippen molar-refractivity contribution in [3.63, 3.8) is 0 Å².